The Balaban J connectivity index is 1.89. The van der Waals surface area contributed by atoms with Crippen molar-refractivity contribution in [3.8, 4) is 0 Å². The SMILES string of the molecule is COC(=O)CCc1ccccc1C[P+](c1ccccc1)(c1ccccc1)c1ccccc1. The van der Waals surface area contributed by atoms with Crippen molar-refractivity contribution in [1.29, 1.82) is 0 Å². The van der Waals surface area contributed by atoms with E-state index in [0.29, 0.717) is 12.8 Å². The minimum atomic E-state index is -1.97. The molecule has 3 heteroatoms. The molecule has 0 aromatic heterocycles. The van der Waals surface area contributed by atoms with E-state index >= 15 is 0 Å². The van der Waals surface area contributed by atoms with Crippen LogP contribution in [-0.2, 0) is 22.1 Å². The second kappa shape index (κ2) is 10.4. The lowest BCUT2D eigenvalue weighted by molar-refractivity contribution is -0.140. The molecule has 0 bridgehead atoms. The highest BCUT2D eigenvalue weighted by Crippen LogP contribution is 2.58. The maximum absolute atomic E-state index is 11.8. The van der Waals surface area contributed by atoms with Crippen molar-refractivity contribution in [2.45, 2.75) is 19.0 Å². The van der Waals surface area contributed by atoms with E-state index in [-0.39, 0.29) is 5.97 Å². The van der Waals surface area contributed by atoms with E-state index in [1.807, 2.05) is 0 Å². The molecule has 4 aromatic carbocycles. The second-order valence-electron chi connectivity index (χ2n) is 7.82. The zero-order chi connectivity index (χ0) is 22.2. The third-order valence-electron chi connectivity index (χ3n) is 5.94. The number of esters is 1. The van der Waals surface area contributed by atoms with Crippen LogP contribution in [0.3, 0.4) is 0 Å². The van der Waals surface area contributed by atoms with E-state index in [2.05, 4.69) is 115 Å². The summed E-state index contributed by atoms with van der Waals surface area (Å²) in [6.45, 7) is 0. The molecule has 0 radical (unpaired) electrons. The minimum Gasteiger partial charge on any atom is -0.469 e. The molecule has 0 aliphatic carbocycles. The molecule has 0 aliphatic rings. The van der Waals surface area contributed by atoms with Gasteiger partial charge in [0.2, 0.25) is 0 Å². The van der Waals surface area contributed by atoms with Gasteiger partial charge in [-0.3, -0.25) is 4.79 Å². The average molecular weight is 440 g/mol. The minimum absolute atomic E-state index is 0.171. The van der Waals surface area contributed by atoms with E-state index in [0.717, 1.165) is 6.16 Å². The normalized spacial score (nSPS) is 11.2. The average Bonchev–Trinajstić information content (AvgIpc) is 2.88. The van der Waals surface area contributed by atoms with Gasteiger partial charge in [0, 0.05) is 6.42 Å². The Labute approximate surface area is 191 Å². The largest absolute Gasteiger partial charge is 0.469 e. The second-order valence-corrected chi connectivity index (χ2v) is 11.3. The molecule has 32 heavy (non-hydrogen) atoms. The third-order valence-corrected chi connectivity index (χ3v) is 10.3. The number of hydrogen-bond acceptors (Lipinski definition) is 2. The van der Waals surface area contributed by atoms with Crippen molar-refractivity contribution in [3.05, 3.63) is 126 Å². The van der Waals surface area contributed by atoms with Crippen molar-refractivity contribution in [3.63, 3.8) is 0 Å². The van der Waals surface area contributed by atoms with Crippen LogP contribution in [0, 0.1) is 0 Å². The van der Waals surface area contributed by atoms with Crippen LogP contribution < -0.4 is 15.9 Å². The molecule has 0 aliphatic heterocycles. The fourth-order valence-corrected chi connectivity index (χ4v) is 8.62. The molecule has 0 amide bonds. The summed E-state index contributed by atoms with van der Waals surface area (Å²) in [5, 5.41) is 4.08. The zero-order valence-electron chi connectivity index (χ0n) is 18.4. The topological polar surface area (TPSA) is 26.3 Å². The number of rotatable bonds is 8. The molecule has 0 unspecified atom stereocenters. The first kappa shape index (κ1) is 22.0. The molecule has 4 aromatic rings. The summed E-state index contributed by atoms with van der Waals surface area (Å²) in [4.78, 5) is 11.8. The fourth-order valence-electron chi connectivity index (χ4n) is 4.32. The van der Waals surface area contributed by atoms with Gasteiger partial charge in [0.05, 0.1) is 13.3 Å². The summed E-state index contributed by atoms with van der Waals surface area (Å²) in [7, 11) is -0.523. The van der Waals surface area contributed by atoms with Crippen LogP contribution in [0.5, 0.6) is 0 Å². The fraction of sp³-hybridized carbons (Fsp3) is 0.138. The van der Waals surface area contributed by atoms with Gasteiger partial charge in [0.1, 0.15) is 23.2 Å². The molecule has 4 rings (SSSR count). The van der Waals surface area contributed by atoms with E-state index in [4.69, 9.17) is 4.74 Å². The Morgan fingerprint density at radius 3 is 1.47 bits per heavy atom. The van der Waals surface area contributed by atoms with Crippen LogP contribution in [0.1, 0.15) is 17.5 Å². The molecule has 2 nitrogen and oxygen atoms in total. The summed E-state index contributed by atoms with van der Waals surface area (Å²) < 4.78 is 4.89. The van der Waals surface area contributed by atoms with Gasteiger partial charge < -0.3 is 4.74 Å². The van der Waals surface area contributed by atoms with Crippen LogP contribution in [0.25, 0.3) is 0 Å². The standard InChI is InChI=1S/C29H28O2P/c1-31-29(30)22-21-24-13-11-12-14-25(24)23-32(26-15-5-2-6-16-26,27-17-7-3-8-18-27)28-19-9-4-10-20-28/h2-20H,21-23H2,1H3/q+1. The van der Waals surface area contributed by atoms with Gasteiger partial charge in [-0.2, -0.15) is 0 Å². The number of hydrogen-bond donors (Lipinski definition) is 0. The predicted octanol–water partition coefficient (Wildman–Crippen LogP) is 5.29. The number of methoxy groups -OCH3 is 1. The lowest BCUT2D eigenvalue weighted by atomic mass is 10.0. The maximum Gasteiger partial charge on any atom is 0.305 e. The Hall–Kier alpha value is -3.22. The summed E-state index contributed by atoms with van der Waals surface area (Å²) in [6, 6.07) is 41.2. The molecule has 0 atom stereocenters. The van der Waals surface area contributed by atoms with Crippen molar-refractivity contribution in [1.82, 2.24) is 0 Å². The highest BCUT2D eigenvalue weighted by Gasteiger charge is 2.45. The molecule has 160 valence electrons. The van der Waals surface area contributed by atoms with Crippen LogP contribution in [-0.4, -0.2) is 13.1 Å². The third kappa shape index (κ3) is 4.66. The van der Waals surface area contributed by atoms with E-state index in [1.165, 1.54) is 34.2 Å². The van der Waals surface area contributed by atoms with Gasteiger partial charge in [-0.15, -0.1) is 0 Å². The highest BCUT2D eigenvalue weighted by atomic mass is 31.2. The molecule has 0 saturated heterocycles. The lowest BCUT2D eigenvalue weighted by Gasteiger charge is -2.28. The molecular weight excluding hydrogens is 411 g/mol. The van der Waals surface area contributed by atoms with Gasteiger partial charge in [-0.05, 0) is 53.9 Å². The van der Waals surface area contributed by atoms with E-state index < -0.39 is 7.26 Å². The Bertz CT molecular complexity index is 1040. The first-order valence-electron chi connectivity index (χ1n) is 10.9. The number of aryl methyl sites for hydroxylation is 1. The van der Waals surface area contributed by atoms with Gasteiger partial charge in [0.25, 0.3) is 0 Å². The van der Waals surface area contributed by atoms with Crippen LogP contribution in [0.4, 0.5) is 0 Å². The molecule has 0 spiro atoms. The molecule has 0 saturated carbocycles. The van der Waals surface area contributed by atoms with Gasteiger partial charge in [-0.1, -0.05) is 78.9 Å². The maximum atomic E-state index is 11.8. The van der Waals surface area contributed by atoms with Crippen LogP contribution in [0.2, 0.25) is 0 Å². The first-order chi connectivity index (χ1) is 15.7. The Morgan fingerprint density at radius 1 is 0.625 bits per heavy atom. The van der Waals surface area contributed by atoms with E-state index in [1.54, 1.807) is 0 Å². The highest BCUT2D eigenvalue weighted by molar-refractivity contribution is 7.95. The van der Waals surface area contributed by atoms with Crippen molar-refractivity contribution < 1.29 is 9.53 Å². The van der Waals surface area contributed by atoms with E-state index in [9.17, 15) is 4.79 Å². The van der Waals surface area contributed by atoms with Gasteiger partial charge in [0.15, 0.2) is 0 Å². The molecule has 0 heterocycles. The molecule has 0 N–H and O–H groups in total. The summed E-state index contributed by atoms with van der Waals surface area (Å²) in [6.07, 6.45) is 1.98. The van der Waals surface area contributed by atoms with Gasteiger partial charge >= 0.3 is 5.97 Å². The summed E-state index contributed by atoms with van der Waals surface area (Å²) in [5.74, 6) is -0.171. The zero-order valence-corrected chi connectivity index (χ0v) is 19.2. The lowest BCUT2D eigenvalue weighted by Crippen LogP contribution is -2.32. The van der Waals surface area contributed by atoms with Crippen LogP contribution >= 0.6 is 7.26 Å². The smallest absolute Gasteiger partial charge is 0.305 e. The van der Waals surface area contributed by atoms with Crippen LogP contribution in [0.15, 0.2) is 115 Å². The van der Waals surface area contributed by atoms with Crippen molar-refractivity contribution >= 4 is 29.1 Å². The summed E-state index contributed by atoms with van der Waals surface area (Å²) >= 11 is 0. The van der Waals surface area contributed by atoms with Crippen molar-refractivity contribution in [2.75, 3.05) is 7.11 Å². The number of carbonyl (C=O) groups excluding carboxylic acids is 1. The summed E-state index contributed by atoms with van der Waals surface area (Å²) in [5.41, 5.74) is 2.51. The predicted molar refractivity (Wildman–Crippen MR) is 136 cm³/mol. The Kier molecular flexibility index (Phi) is 7.14. The number of benzene rings is 4. The molecule has 0 fully saturated rings. The Morgan fingerprint density at radius 2 is 1.03 bits per heavy atom. The number of carbonyl (C=O) groups is 1. The monoisotopic (exact) mass is 439 g/mol. The van der Waals surface area contributed by atoms with Gasteiger partial charge in [-0.25, -0.2) is 0 Å². The molecular formula is C29H28O2P+. The number of ether oxygens (including phenoxy) is 1. The first-order valence-corrected chi connectivity index (χ1v) is 12.9. The quantitative estimate of drug-likeness (QED) is 0.276. The van der Waals surface area contributed by atoms with Crippen molar-refractivity contribution in [2.24, 2.45) is 0 Å².